The average molecular weight is 748 g/mol. The van der Waals surface area contributed by atoms with E-state index in [0.29, 0.717) is 11.5 Å². The molecular formula is C41H38FN5S4. The molecule has 5 heterocycles. The number of halogens is 1. The van der Waals surface area contributed by atoms with Crippen LogP contribution in [0.15, 0.2) is 66.7 Å². The average Bonchev–Trinajstić information content (AvgIpc) is 3.94. The van der Waals surface area contributed by atoms with Crippen molar-refractivity contribution in [3.8, 4) is 41.8 Å². The van der Waals surface area contributed by atoms with E-state index in [2.05, 4.69) is 95.2 Å². The van der Waals surface area contributed by atoms with Gasteiger partial charge in [0.1, 0.15) is 27.9 Å². The van der Waals surface area contributed by atoms with Crippen LogP contribution in [0.4, 0.5) is 10.1 Å². The smallest absolute Gasteiger partial charge is 0.132 e. The molecule has 8 rings (SSSR count). The maximum absolute atomic E-state index is 15.5. The number of hydrogen-bond acceptors (Lipinski definition) is 9. The van der Waals surface area contributed by atoms with Gasteiger partial charge in [-0.2, -0.15) is 8.75 Å². The Bertz CT molecular complexity index is 2510. The van der Waals surface area contributed by atoms with Crippen LogP contribution in [0.2, 0.25) is 0 Å². The van der Waals surface area contributed by atoms with Crippen LogP contribution in [0.25, 0.3) is 73.2 Å². The zero-order chi connectivity index (χ0) is 35.4. The number of benzene rings is 3. The molecule has 0 saturated carbocycles. The number of hydrogen-bond donors (Lipinski definition) is 0. The van der Waals surface area contributed by atoms with Crippen molar-refractivity contribution in [3.05, 3.63) is 89.5 Å². The normalized spacial score (nSPS) is 11.9. The minimum absolute atomic E-state index is 0.183. The zero-order valence-corrected chi connectivity index (χ0v) is 32.8. The van der Waals surface area contributed by atoms with Crippen LogP contribution in [-0.2, 0) is 19.3 Å². The fourth-order valence-electron chi connectivity index (χ4n) is 6.64. The first kappa shape index (κ1) is 34.0. The number of fused-ring (bicyclic) bond motifs is 3. The van der Waals surface area contributed by atoms with Crippen LogP contribution in [0.5, 0.6) is 0 Å². The Labute approximate surface area is 313 Å². The Morgan fingerprint density at radius 3 is 1.88 bits per heavy atom. The van der Waals surface area contributed by atoms with Crippen LogP contribution < -0.4 is 4.90 Å². The summed E-state index contributed by atoms with van der Waals surface area (Å²) in [5.74, 6) is 0.397. The number of rotatable bonds is 10. The molecule has 0 atom stereocenters. The van der Waals surface area contributed by atoms with E-state index in [1.165, 1.54) is 37.3 Å². The molecule has 5 nitrogen and oxygen atoms in total. The lowest BCUT2D eigenvalue weighted by Crippen LogP contribution is -2.07. The van der Waals surface area contributed by atoms with E-state index in [9.17, 15) is 0 Å². The van der Waals surface area contributed by atoms with Crippen LogP contribution in [0.3, 0.4) is 0 Å². The van der Waals surface area contributed by atoms with Gasteiger partial charge in [0.25, 0.3) is 0 Å². The number of thiophene rings is 3. The molecule has 0 saturated heterocycles. The lowest BCUT2D eigenvalue weighted by Gasteiger charge is -2.13. The fraction of sp³-hybridized carbons (Fsp3) is 0.268. The van der Waals surface area contributed by atoms with Crippen LogP contribution in [-0.4, -0.2) is 32.8 Å². The Morgan fingerprint density at radius 2 is 1.27 bits per heavy atom. The molecule has 0 bridgehead atoms. The number of anilines is 1. The van der Waals surface area contributed by atoms with E-state index < -0.39 is 0 Å². The second kappa shape index (κ2) is 13.8. The van der Waals surface area contributed by atoms with Crippen molar-refractivity contribution in [1.29, 1.82) is 0 Å². The van der Waals surface area contributed by atoms with E-state index in [1.807, 2.05) is 23.5 Å². The van der Waals surface area contributed by atoms with E-state index in [1.54, 1.807) is 28.7 Å². The molecule has 0 unspecified atom stereocenters. The third-order valence-electron chi connectivity index (χ3n) is 9.44. The Kier molecular flexibility index (Phi) is 9.21. The summed E-state index contributed by atoms with van der Waals surface area (Å²) in [5.41, 5.74) is 11.3. The molecule has 0 spiro atoms. The van der Waals surface area contributed by atoms with E-state index in [-0.39, 0.29) is 5.82 Å². The minimum atomic E-state index is -0.183. The summed E-state index contributed by atoms with van der Waals surface area (Å²) in [5, 5.41) is 0. The van der Waals surface area contributed by atoms with Gasteiger partial charge in [0.05, 0.1) is 23.1 Å². The maximum atomic E-state index is 15.5. The molecule has 0 aliphatic heterocycles. The van der Waals surface area contributed by atoms with Crippen molar-refractivity contribution >= 4 is 82.9 Å². The molecule has 0 aliphatic rings. The van der Waals surface area contributed by atoms with E-state index in [4.69, 9.17) is 18.7 Å². The first-order valence-corrected chi connectivity index (χ1v) is 20.6. The largest absolute Gasteiger partial charge is 0.378 e. The summed E-state index contributed by atoms with van der Waals surface area (Å²) in [4.78, 5) is 17.0. The van der Waals surface area contributed by atoms with Crippen LogP contribution in [0, 0.1) is 11.7 Å². The van der Waals surface area contributed by atoms with Crippen molar-refractivity contribution in [2.45, 2.75) is 53.4 Å². The lowest BCUT2D eigenvalue weighted by molar-refractivity contribution is 0.582. The van der Waals surface area contributed by atoms with Gasteiger partial charge in [-0.3, -0.25) is 0 Å². The van der Waals surface area contributed by atoms with Gasteiger partial charge in [0.2, 0.25) is 0 Å². The molecule has 0 fully saturated rings. The van der Waals surface area contributed by atoms with Gasteiger partial charge in [-0.15, -0.1) is 34.0 Å². The topological polar surface area (TPSA) is 54.8 Å². The third-order valence-corrected chi connectivity index (χ3v) is 13.5. The van der Waals surface area contributed by atoms with Gasteiger partial charge < -0.3 is 4.90 Å². The molecule has 10 heteroatoms. The minimum Gasteiger partial charge on any atom is -0.378 e. The molecule has 3 aromatic carbocycles. The maximum Gasteiger partial charge on any atom is 0.132 e. The Hall–Kier alpha value is -4.09. The second-order valence-corrected chi connectivity index (χ2v) is 17.3. The van der Waals surface area contributed by atoms with Gasteiger partial charge >= 0.3 is 0 Å². The predicted octanol–water partition coefficient (Wildman–Crippen LogP) is 12.6. The highest BCUT2D eigenvalue weighted by atomic mass is 32.1. The standard InChI is InChI=1S/C41H38FN5S4/c1-7-28-29(8-2)44-39-37(35-21-34-33(50-35)20-32(49-34)24-12-14-25(15-13-24)47(5)6)41-40(45-51-46-41)36(38(39)43-28)31-18-17-30(48-31)26-16-11-23(19-27(26)42)10-9-22(3)4/h11-22H,7-10H2,1-6H3. The van der Waals surface area contributed by atoms with Gasteiger partial charge in [-0.25, -0.2) is 14.4 Å². The van der Waals surface area contributed by atoms with E-state index in [0.717, 1.165) is 90.5 Å². The van der Waals surface area contributed by atoms with Crippen molar-refractivity contribution in [3.63, 3.8) is 0 Å². The summed E-state index contributed by atoms with van der Waals surface area (Å²) in [6.07, 6.45) is 3.49. The fourth-order valence-corrected chi connectivity index (χ4v) is 10.7. The first-order chi connectivity index (χ1) is 24.7. The molecule has 51 heavy (non-hydrogen) atoms. The molecule has 0 N–H and O–H groups in total. The first-order valence-electron chi connectivity index (χ1n) is 17.4. The van der Waals surface area contributed by atoms with Gasteiger partial charge in [0.15, 0.2) is 0 Å². The van der Waals surface area contributed by atoms with Gasteiger partial charge in [0, 0.05) is 65.4 Å². The third kappa shape index (κ3) is 6.26. The van der Waals surface area contributed by atoms with Crippen LogP contribution >= 0.6 is 45.7 Å². The molecular weight excluding hydrogens is 710 g/mol. The summed E-state index contributed by atoms with van der Waals surface area (Å²) >= 11 is 6.38. The van der Waals surface area contributed by atoms with Gasteiger partial charge in [-0.05, 0) is 85.2 Å². The molecule has 5 aromatic heterocycles. The number of aromatic nitrogens is 4. The highest BCUT2D eigenvalue weighted by Crippen LogP contribution is 2.49. The highest BCUT2D eigenvalue weighted by Gasteiger charge is 2.26. The predicted molar refractivity (Wildman–Crippen MR) is 220 cm³/mol. The SMILES string of the molecule is CCc1nc2c(-c3ccc(-c4ccc(CCC(C)C)cc4F)s3)c3nsnc3c(-c3cc4sc(-c5ccc(N(C)C)cc5)cc4s3)c2nc1CC. The molecule has 258 valence electrons. The van der Waals surface area contributed by atoms with Crippen molar-refractivity contribution in [2.75, 3.05) is 19.0 Å². The molecule has 8 aromatic rings. The van der Waals surface area contributed by atoms with Crippen molar-refractivity contribution < 1.29 is 4.39 Å². The van der Waals surface area contributed by atoms with E-state index >= 15 is 4.39 Å². The van der Waals surface area contributed by atoms with Crippen molar-refractivity contribution in [2.24, 2.45) is 5.92 Å². The number of aryl methyl sites for hydroxylation is 3. The Balaban J connectivity index is 1.26. The van der Waals surface area contributed by atoms with Gasteiger partial charge in [-0.1, -0.05) is 52.0 Å². The summed E-state index contributed by atoms with van der Waals surface area (Å²) in [7, 11) is 4.12. The lowest BCUT2D eigenvalue weighted by atomic mass is 10.0. The molecule has 0 radical (unpaired) electrons. The monoisotopic (exact) mass is 747 g/mol. The van der Waals surface area contributed by atoms with Crippen LogP contribution in [0.1, 0.15) is 51.1 Å². The van der Waals surface area contributed by atoms with Crippen molar-refractivity contribution in [1.82, 2.24) is 18.7 Å². The molecule has 0 aliphatic carbocycles. The summed E-state index contributed by atoms with van der Waals surface area (Å²) < 4.78 is 27.8. The highest BCUT2D eigenvalue weighted by molar-refractivity contribution is 7.31. The summed E-state index contributed by atoms with van der Waals surface area (Å²) in [6, 6.07) is 23.1. The second-order valence-electron chi connectivity index (χ2n) is 13.5. The number of nitrogens with zero attached hydrogens (tertiary/aromatic N) is 5. The zero-order valence-electron chi connectivity index (χ0n) is 29.5. The quantitative estimate of drug-likeness (QED) is 0.139. The summed E-state index contributed by atoms with van der Waals surface area (Å²) in [6.45, 7) is 8.67. The Morgan fingerprint density at radius 1 is 0.667 bits per heavy atom. The molecule has 0 amide bonds.